The summed E-state index contributed by atoms with van der Waals surface area (Å²) < 4.78 is 19.3. The van der Waals surface area contributed by atoms with Gasteiger partial charge in [-0.15, -0.1) is 11.3 Å². The molecule has 0 aliphatic heterocycles. The Hall–Kier alpha value is -4.30. The zero-order valence-corrected chi connectivity index (χ0v) is 20.8. The monoisotopic (exact) mass is 499 g/mol. The quantitative estimate of drug-likeness (QED) is 0.232. The van der Waals surface area contributed by atoms with Gasteiger partial charge in [0, 0.05) is 0 Å². The van der Waals surface area contributed by atoms with Gasteiger partial charge in [0.2, 0.25) is 5.88 Å². The normalized spacial score (nSPS) is 10.8. The number of aryl methyl sites for hydroxylation is 1. The summed E-state index contributed by atoms with van der Waals surface area (Å²) in [4.78, 5) is 15.9. The number of rotatable bonds is 9. The second kappa shape index (κ2) is 10.5. The van der Waals surface area contributed by atoms with Crippen LogP contribution in [-0.4, -0.2) is 27.7 Å². The lowest BCUT2D eigenvalue weighted by Gasteiger charge is -2.22. The van der Waals surface area contributed by atoms with Crippen LogP contribution in [0.3, 0.4) is 0 Å². The molecule has 1 amide bonds. The maximum absolute atomic E-state index is 13.5. The molecule has 3 aromatic heterocycles. The highest BCUT2D eigenvalue weighted by atomic mass is 32.1. The van der Waals surface area contributed by atoms with Gasteiger partial charge in [-0.2, -0.15) is 5.10 Å². The van der Waals surface area contributed by atoms with Crippen molar-refractivity contribution < 1.29 is 18.7 Å². The summed E-state index contributed by atoms with van der Waals surface area (Å²) in [5.74, 6) is 2.29. The van der Waals surface area contributed by atoms with Gasteiger partial charge in [0.15, 0.2) is 11.5 Å². The highest BCUT2D eigenvalue weighted by molar-refractivity contribution is 7.12. The van der Waals surface area contributed by atoms with Crippen molar-refractivity contribution in [1.29, 1.82) is 0 Å². The molecule has 0 fully saturated rings. The molecule has 0 spiro atoms. The van der Waals surface area contributed by atoms with E-state index in [0.29, 0.717) is 34.6 Å². The summed E-state index contributed by atoms with van der Waals surface area (Å²) in [6.07, 6.45) is 1.61. The van der Waals surface area contributed by atoms with Crippen LogP contribution in [0.25, 0.3) is 5.69 Å². The van der Waals surface area contributed by atoms with E-state index in [4.69, 9.17) is 19.0 Å². The van der Waals surface area contributed by atoms with Gasteiger partial charge in [-0.25, -0.2) is 4.68 Å². The molecule has 0 unspecified atom stereocenters. The number of carbonyl (C=O) groups excluding carboxylic acids is 1. The number of carbonyl (C=O) groups is 1. The van der Waals surface area contributed by atoms with E-state index in [2.05, 4.69) is 0 Å². The van der Waals surface area contributed by atoms with E-state index in [1.54, 1.807) is 23.0 Å². The molecule has 8 heteroatoms. The Morgan fingerprint density at radius 3 is 2.44 bits per heavy atom. The molecule has 0 aliphatic carbocycles. The number of hydrogen-bond donors (Lipinski definition) is 0. The predicted octanol–water partition coefficient (Wildman–Crippen LogP) is 6.48. The van der Waals surface area contributed by atoms with Crippen molar-refractivity contribution in [2.24, 2.45) is 0 Å². The fourth-order valence-electron chi connectivity index (χ4n) is 3.91. The molecular weight excluding hydrogens is 474 g/mol. The second-order valence-corrected chi connectivity index (χ2v) is 9.03. The fourth-order valence-corrected chi connectivity index (χ4v) is 4.60. The predicted molar refractivity (Wildman–Crippen MR) is 138 cm³/mol. The van der Waals surface area contributed by atoms with Crippen LogP contribution in [0.4, 0.5) is 0 Å². The maximum Gasteiger partial charge on any atom is 0.264 e. The van der Waals surface area contributed by atoms with Crippen LogP contribution < -0.4 is 9.47 Å². The van der Waals surface area contributed by atoms with Crippen molar-refractivity contribution >= 4 is 17.2 Å². The molecule has 2 aromatic carbocycles. The third kappa shape index (κ3) is 4.89. The number of aromatic nitrogens is 2. The van der Waals surface area contributed by atoms with Crippen LogP contribution in [0.15, 0.2) is 94.9 Å². The van der Waals surface area contributed by atoms with E-state index in [1.165, 1.54) is 11.3 Å². The average molecular weight is 500 g/mol. The first-order valence-corrected chi connectivity index (χ1v) is 12.3. The third-order valence-corrected chi connectivity index (χ3v) is 6.57. The van der Waals surface area contributed by atoms with Crippen molar-refractivity contribution in [3.63, 3.8) is 0 Å². The number of methoxy groups -OCH3 is 1. The van der Waals surface area contributed by atoms with Gasteiger partial charge in [0.05, 0.1) is 48.3 Å². The highest BCUT2D eigenvalue weighted by Gasteiger charge is 2.26. The Morgan fingerprint density at radius 2 is 1.75 bits per heavy atom. The molecule has 7 nitrogen and oxygen atoms in total. The fraction of sp³-hybridized carbons (Fsp3) is 0.143. The number of benzene rings is 2. The van der Waals surface area contributed by atoms with Gasteiger partial charge in [-0.3, -0.25) is 4.79 Å². The van der Waals surface area contributed by atoms with E-state index >= 15 is 0 Å². The number of furan rings is 1. The SMILES string of the molecule is COc1ccccc1Oc1c(CN(Cc2ccco2)C(=O)c2cccs2)c(C)nn1-c1ccccc1. The summed E-state index contributed by atoms with van der Waals surface area (Å²) in [7, 11) is 1.60. The molecule has 0 radical (unpaired) electrons. The minimum absolute atomic E-state index is 0.0866. The molecule has 3 heterocycles. The van der Waals surface area contributed by atoms with E-state index in [9.17, 15) is 4.79 Å². The average Bonchev–Trinajstić information content (AvgIpc) is 3.68. The summed E-state index contributed by atoms with van der Waals surface area (Å²) in [5.41, 5.74) is 2.40. The topological polar surface area (TPSA) is 69.7 Å². The number of amides is 1. The molecule has 0 atom stereocenters. The summed E-state index contributed by atoms with van der Waals surface area (Å²) in [6, 6.07) is 24.6. The lowest BCUT2D eigenvalue weighted by atomic mass is 10.2. The number of nitrogens with zero attached hydrogens (tertiary/aromatic N) is 3. The minimum Gasteiger partial charge on any atom is -0.493 e. The number of hydrogen-bond acceptors (Lipinski definition) is 6. The van der Waals surface area contributed by atoms with Crippen LogP contribution in [0, 0.1) is 6.92 Å². The van der Waals surface area contributed by atoms with E-state index in [1.807, 2.05) is 91.2 Å². The molecule has 0 saturated carbocycles. The van der Waals surface area contributed by atoms with Crippen LogP contribution >= 0.6 is 11.3 Å². The molecule has 0 bridgehead atoms. The molecule has 0 aliphatic rings. The van der Waals surface area contributed by atoms with Crippen molar-refractivity contribution in [1.82, 2.24) is 14.7 Å². The van der Waals surface area contributed by atoms with Gasteiger partial charge < -0.3 is 18.8 Å². The van der Waals surface area contributed by atoms with Crippen LogP contribution in [0.1, 0.15) is 26.7 Å². The van der Waals surface area contributed by atoms with Gasteiger partial charge in [-0.05, 0) is 54.8 Å². The molecule has 0 N–H and O–H groups in total. The Morgan fingerprint density at radius 1 is 0.972 bits per heavy atom. The van der Waals surface area contributed by atoms with E-state index in [-0.39, 0.29) is 12.5 Å². The van der Waals surface area contributed by atoms with Crippen LogP contribution in [-0.2, 0) is 13.1 Å². The summed E-state index contributed by atoms with van der Waals surface area (Å²) in [6.45, 7) is 2.51. The lowest BCUT2D eigenvalue weighted by Crippen LogP contribution is -2.29. The zero-order chi connectivity index (χ0) is 24.9. The van der Waals surface area contributed by atoms with Gasteiger partial charge in [-0.1, -0.05) is 36.4 Å². The molecule has 36 heavy (non-hydrogen) atoms. The Kier molecular flexibility index (Phi) is 6.86. The largest absolute Gasteiger partial charge is 0.493 e. The third-order valence-electron chi connectivity index (χ3n) is 5.71. The molecule has 5 rings (SSSR count). The number of ether oxygens (including phenoxy) is 2. The molecular formula is C28H25N3O4S. The number of para-hydroxylation sites is 3. The van der Waals surface area contributed by atoms with Crippen molar-refractivity contribution in [2.75, 3.05) is 7.11 Å². The van der Waals surface area contributed by atoms with Gasteiger partial charge in [0.1, 0.15) is 5.76 Å². The van der Waals surface area contributed by atoms with Crippen molar-refractivity contribution in [2.45, 2.75) is 20.0 Å². The van der Waals surface area contributed by atoms with E-state index in [0.717, 1.165) is 16.9 Å². The first kappa shape index (κ1) is 23.4. The van der Waals surface area contributed by atoms with Gasteiger partial charge >= 0.3 is 0 Å². The Labute approximate surface area is 213 Å². The first-order valence-electron chi connectivity index (χ1n) is 11.4. The van der Waals surface area contributed by atoms with Gasteiger partial charge in [0.25, 0.3) is 5.91 Å². The van der Waals surface area contributed by atoms with Crippen LogP contribution in [0.2, 0.25) is 0 Å². The molecule has 5 aromatic rings. The van der Waals surface area contributed by atoms with Crippen molar-refractivity contribution in [3.05, 3.63) is 112 Å². The Bertz CT molecular complexity index is 1430. The minimum atomic E-state index is -0.0866. The standard InChI is InChI=1S/C28H25N3O4S/c1-20-23(19-30(18-22-12-8-16-34-22)27(32)26-15-9-17-36-26)28(31(29-20)21-10-4-3-5-11-21)35-25-14-7-6-13-24(25)33-2/h3-17H,18-19H2,1-2H3. The highest BCUT2D eigenvalue weighted by Crippen LogP contribution is 2.36. The molecule has 0 saturated heterocycles. The first-order chi connectivity index (χ1) is 17.6. The van der Waals surface area contributed by atoms with Crippen molar-refractivity contribution in [3.8, 4) is 23.1 Å². The summed E-state index contributed by atoms with van der Waals surface area (Å²) in [5, 5.41) is 6.69. The number of thiophene rings is 1. The second-order valence-electron chi connectivity index (χ2n) is 8.09. The van der Waals surface area contributed by atoms with E-state index < -0.39 is 0 Å². The molecule has 182 valence electrons. The van der Waals surface area contributed by atoms with Crippen LogP contribution in [0.5, 0.6) is 17.4 Å². The zero-order valence-electron chi connectivity index (χ0n) is 20.0. The maximum atomic E-state index is 13.5. The lowest BCUT2D eigenvalue weighted by molar-refractivity contribution is 0.0721. The smallest absolute Gasteiger partial charge is 0.264 e. The Balaban J connectivity index is 1.58. The summed E-state index contributed by atoms with van der Waals surface area (Å²) >= 11 is 1.41.